The number of rotatable bonds is 5. The molecule has 1 fully saturated rings. The summed E-state index contributed by atoms with van der Waals surface area (Å²) in [6.45, 7) is 1.68. The maximum absolute atomic E-state index is 11.7. The van der Waals surface area contributed by atoms with Crippen LogP contribution >= 0.6 is 11.8 Å². The normalized spacial score (nSPS) is 18.2. The lowest BCUT2D eigenvalue weighted by atomic mass is 10.1. The van der Waals surface area contributed by atoms with E-state index in [0.717, 1.165) is 25.9 Å². The minimum Gasteiger partial charge on any atom is -0.480 e. The van der Waals surface area contributed by atoms with Crippen LogP contribution in [0.2, 0.25) is 0 Å². The van der Waals surface area contributed by atoms with Crippen molar-refractivity contribution < 1.29 is 14.7 Å². The van der Waals surface area contributed by atoms with Gasteiger partial charge in [-0.05, 0) is 19.3 Å². The van der Waals surface area contributed by atoms with E-state index in [-0.39, 0.29) is 11.7 Å². The predicted molar refractivity (Wildman–Crippen MR) is 63.4 cm³/mol. The summed E-state index contributed by atoms with van der Waals surface area (Å²) in [5.74, 6) is -0.296. The lowest BCUT2D eigenvalue weighted by Crippen LogP contribution is -2.37. The third kappa shape index (κ3) is 4.40. The summed E-state index contributed by atoms with van der Waals surface area (Å²) in [7, 11) is 0. The second kappa shape index (κ2) is 6.75. The Kier molecular flexibility index (Phi) is 5.62. The highest BCUT2D eigenvalue weighted by atomic mass is 32.2. The number of nitrogens with zero attached hydrogens (tertiary/aromatic N) is 1. The molecule has 0 spiro atoms. The van der Waals surface area contributed by atoms with Gasteiger partial charge in [-0.15, -0.1) is 11.8 Å². The molecule has 1 atom stereocenters. The zero-order valence-electron chi connectivity index (χ0n) is 9.22. The van der Waals surface area contributed by atoms with Crippen LogP contribution in [0.4, 0.5) is 0 Å². The fraction of sp³-hybridized carbons (Fsp3) is 0.800. The molecule has 6 heteroatoms. The van der Waals surface area contributed by atoms with Crippen molar-refractivity contribution in [3.63, 3.8) is 0 Å². The first kappa shape index (κ1) is 13.3. The summed E-state index contributed by atoms with van der Waals surface area (Å²) in [6.07, 6.45) is 3.34. The number of carbonyl (C=O) groups is 2. The molecule has 0 radical (unpaired) electrons. The smallest absolute Gasteiger partial charge is 0.321 e. The number of piperidine rings is 1. The second-order valence-corrected chi connectivity index (χ2v) is 4.93. The fourth-order valence-electron chi connectivity index (χ4n) is 1.58. The van der Waals surface area contributed by atoms with E-state index in [1.807, 2.05) is 4.90 Å². The van der Waals surface area contributed by atoms with Gasteiger partial charge in [0, 0.05) is 18.8 Å². The standard InChI is InChI=1S/C10H18N2O3S/c11-8(10(14)15)6-16-7-9(13)12-4-2-1-3-5-12/h8H,1-7,11H2,(H,14,15)/t8-/m1/s1. The van der Waals surface area contributed by atoms with Crippen molar-refractivity contribution in [2.24, 2.45) is 5.73 Å². The van der Waals surface area contributed by atoms with Gasteiger partial charge in [-0.25, -0.2) is 0 Å². The molecule has 0 aromatic rings. The number of thioether (sulfide) groups is 1. The van der Waals surface area contributed by atoms with Crippen molar-refractivity contribution in [1.29, 1.82) is 0 Å². The molecule has 3 N–H and O–H groups in total. The van der Waals surface area contributed by atoms with Gasteiger partial charge in [0.2, 0.25) is 5.91 Å². The van der Waals surface area contributed by atoms with Crippen LogP contribution in [-0.2, 0) is 9.59 Å². The number of nitrogens with two attached hydrogens (primary N) is 1. The molecule has 92 valence electrons. The maximum atomic E-state index is 11.7. The Hall–Kier alpha value is -0.750. The van der Waals surface area contributed by atoms with Crippen molar-refractivity contribution in [1.82, 2.24) is 4.90 Å². The van der Waals surface area contributed by atoms with Gasteiger partial charge < -0.3 is 15.7 Å². The SMILES string of the molecule is N[C@H](CSCC(=O)N1CCCCC1)C(=O)O. The molecular formula is C10H18N2O3S. The van der Waals surface area contributed by atoms with Crippen molar-refractivity contribution in [2.45, 2.75) is 25.3 Å². The Morgan fingerprint density at radius 1 is 1.31 bits per heavy atom. The monoisotopic (exact) mass is 246 g/mol. The molecule has 1 amide bonds. The molecule has 1 rings (SSSR count). The molecule has 1 saturated heterocycles. The first-order valence-corrected chi connectivity index (χ1v) is 6.60. The summed E-state index contributed by atoms with van der Waals surface area (Å²) in [5.41, 5.74) is 5.34. The quantitative estimate of drug-likeness (QED) is 0.721. The van der Waals surface area contributed by atoms with Crippen LogP contribution < -0.4 is 5.73 Å². The molecule has 0 saturated carbocycles. The van der Waals surface area contributed by atoms with Gasteiger partial charge in [-0.1, -0.05) is 0 Å². The molecule has 16 heavy (non-hydrogen) atoms. The van der Waals surface area contributed by atoms with Crippen molar-refractivity contribution in [3.8, 4) is 0 Å². The van der Waals surface area contributed by atoms with Crippen molar-refractivity contribution >= 4 is 23.6 Å². The Morgan fingerprint density at radius 2 is 1.94 bits per heavy atom. The van der Waals surface area contributed by atoms with Crippen LogP contribution in [0, 0.1) is 0 Å². The maximum Gasteiger partial charge on any atom is 0.321 e. The molecule has 1 heterocycles. The van der Waals surface area contributed by atoms with E-state index in [4.69, 9.17) is 10.8 Å². The van der Waals surface area contributed by atoms with E-state index in [1.165, 1.54) is 18.2 Å². The van der Waals surface area contributed by atoms with Crippen LogP contribution in [0.3, 0.4) is 0 Å². The van der Waals surface area contributed by atoms with Gasteiger partial charge in [0.25, 0.3) is 0 Å². The van der Waals surface area contributed by atoms with E-state index in [0.29, 0.717) is 5.75 Å². The lowest BCUT2D eigenvalue weighted by Gasteiger charge is -2.26. The highest BCUT2D eigenvalue weighted by Gasteiger charge is 2.17. The van der Waals surface area contributed by atoms with Gasteiger partial charge >= 0.3 is 5.97 Å². The number of carboxylic acids is 1. The van der Waals surface area contributed by atoms with E-state index >= 15 is 0 Å². The Bertz CT molecular complexity index is 254. The zero-order chi connectivity index (χ0) is 12.0. The molecule has 5 nitrogen and oxygen atoms in total. The molecule has 1 aliphatic heterocycles. The van der Waals surface area contributed by atoms with E-state index < -0.39 is 12.0 Å². The fourth-order valence-corrected chi connectivity index (χ4v) is 2.45. The average molecular weight is 246 g/mol. The summed E-state index contributed by atoms with van der Waals surface area (Å²) in [4.78, 5) is 24.0. The molecule has 0 unspecified atom stereocenters. The molecule has 0 bridgehead atoms. The number of amides is 1. The van der Waals surface area contributed by atoms with Crippen LogP contribution in [-0.4, -0.2) is 52.5 Å². The minimum absolute atomic E-state index is 0.0993. The van der Waals surface area contributed by atoms with E-state index in [9.17, 15) is 9.59 Å². The third-order valence-electron chi connectivity index (χ3n) is 2.55. The van der Waals surface area contributed by atoms with Crippen LogP contribution in [0.15, 0.2) is 0 Å². The Balaban J connectivity index is 2.16. The first-order valence-electron chi connectivity index (χ1n) is 5.45. The molecule has 0 aromatic heterocycles. The van der Waals surface area contributed by atoms with Gasteiger partial charge in [-0.3, -0.25) is 9.59 Å². The Labute approximate surface area is 99.4 Å². The van der Waals surface area contributed by atoms with Crippen molar-refractivity contribution in [2.75, 3.05) is 24.6 Å². The summed E-state index contributed by atoms with van der Waals surface area (Å²) >= 11 is 1.29. The molecular weight excluding hydrogens is 228 g/mol. The van der Waals surface area contributed by atoms with E-state index in [2.05, 4.69) is 0 Å². The third-order valence-corrected chi connectivity index (χ3v) is 3.59. The Morgan fingerprint density at radius 3 is 2.50 bits per heavy atom. The van der Waals surface area contributed by atoms with Crippen molar-refractivity contribution in [3.05, 3.63) is 0 Å². The molecule has 0 aromatic carbocycles. The van der Waals surface area contributed by atoms with Gasteiger partial charge in [-0.2, -0.15) is 0 Å². The number of hydrogen-bond donors (Lipinski definition) is 2. The van der Waals surface area contributed by atoms with Gasteiger partial charge in [0.15, 0.2) is 0 Å². The largest absolute Gasteiger partial charge is 0.480 e. The van der Waals surface area contributed by atoms with E-state index in [1.54, 1.807) is 0 Å². The second-order valence-electron chi connectivity index (χ2n) is 3.90. The number of carboxylic acid groups (broad SMARTS) is 1. The van der Waals surface area contributed by atoms with Crippen LogP contribution in [0.1, 0.15) is 19.3 Å². The number of likely N-dealkylation sites (tertiary alicyclic amines) is 1. The highest BCUT2D eigenvalue weighted by molar-refractivity contribution is 8.00. The first-order chi connectivity index (χ1) is 7.61. The van der Waals surface area contributed by atoms with Gasteiger partial charge in [0.1, 0.15) is 6.04 Å². The summed E-state index contributed by atoms with van der Waals surface area (Å²) in [5, 5.41) is 8.56. The zero-order valence-corrected chi connectivity index (χ0v) is 10.0. The molecule has 1 aliphatic rings. The summed E-state index contributed by atoms with van der Waals surface area (Å²) in [6, 6.07) is -0.876. The topological polar surface area (TPSA) is 83.6 Å². The van der Waals surface area contributed by atoms with Gasteiger partial charge in [0.05, 0.1) is 5.75 Å². The average Bonchev–Trinajstić information content (AvgIpc) is 2.29. The lowest BCUT2D eigenvalue weighted by molar-refractivity contribution is -0.138. The highest BCUT2D eigenvalue weighted by Crippen LogP contribution is 2.11. The van der Waals surface area contributed by atoms with Crippen LogP contribution in [0.5, 0.6) is 0 Å². The summed E-state index contributed by atoms with van der Waals surface area (Å²) < 4.78 is 0. The number of hydrogen-bond acceptors (Lipinski definition) is 4. The number of carbonyl (C=O) groups excluding carboxylic acids is 1. The van der Waals surface area contributed by atoms with Crippen LogP contribution in [0.25, 0.3) is 0 Å². The predicted octanol–water partition coefficient (Wildman–Crippen LogP) is 0.144. The minimum atomic E-state index is -1.02. The molecule has 0 aliphatic carbocycles. The number of aliphatic carboxylic acids is 1.